The van der Waals surface area contributed by atoms with E-state index < -0.39 is 0 Å². The molecule has 1 aliphatic rings. The van der Waals surface area contributed by atoms with Crippen LogP contribution in [0.1, 0.15) is 140 Å². The van der Waals surface area contributed by atoms with Gasteiger partial charge in [-0.1, -0.05) is 150 Å². The molecule has 0 aromatic heterocycles. The molecule has 1 heteroatoms. The van der Waals surface area contributed by atoms with Crippen LogP contribution in [0.5, 0.6) is 0 Å². The second kappa shape index (κ2) is 15.9. The second-order valence-electron chi connectivity index (χ2n) is 12.8. The van der Waals surface area contributed by atoms with Crippen LogP contribution in [0.2, 0.25) is 0 Å². The van der Waals surface area contributed by atoms with Gasteiger partial charge in [-0.15, -0.1) is 0 Å². The average molecular weight is 555 g/mol. The smallest absolute Gasteiger partial charge is 0.00557 e. The van der Waals surface area contributed by atoms with Crippen LogP contribution in [0.4, 0.5) is 0 Å². The summed E-state index contributed by atoms with van der Waals surface area (Å²) in [6.07, 6.45) is 18.2. The quantitative estimate of drug-likeness (QED) is 0.137. The molecule has 0 aliphatic carbocycles. The van der Waals surface area contributed by atoms with E-state index >= 15 is 0 Å². The summed E-state index contributed by atoms with van der Waals surface area (Å²) in [6, 6.07) is 26.0. The fraction of sp³-hybridized carbons (Fsp3) is 0.538. The van der Waals surface area contributed by atoms with Gasteiger partial charge in [-0.25, -0.2) is 0 Å². The molecule has 0 nitrogen and oxygen atoms in total. The van der Waals surface area contributed by atoms with Crippen molar-refractivity contribution in [2.24, 2.45) is 0 Å². The molecule has 1 fully saturated rings. The Bertz CT molecular complexity index is 1100. The van der Waals surface area contributed by atoms with Crippen molar-refractivity contribution in [3.63, 3.8) is 0 Å². The maximum atomic E-state index is 2.50. The first-order valence-corrected chi connectivity index (χ1v) is 18.1. The molecule has 0 radical (unpaired) electrons. The Balaban J connectivity index is 1.55. The van der Waals surface area contributed by atoms with Crippen molar-refractivity contribution in [3.05, 3.63) is 106 Å². The van der Waals surface area contributed by atoms with E-state index in [0.717, 1.165) is 0 Å². The summed E-state index contributed by atoms with van der Waals surface area (Å²) in [6.45, 7) is 11.5. The maximum absolute atomic E-state index is 2.50. The van der Waals surface area contributed by atoms with Crippen molar-refractivity contribution in [1.82, 2.24) is 0 Å². The largest absolute Gasteiger partial charge is 0.0913 e. The molecule has 40 heavy (non-hydrogen) atoms. The SMILES string of the molecule is CCCCCCCCCCCCP1C(c2ccc(C)cc2C)CC(c2ccccc2)CC1c1ccc(C)cc1C. The van der Waals surface area contributed by atoms with Gasteiger partial charge < -0.3 is 0 Å². The standard InChI is InChI=1S/C39H55P/c1-6-7-8-9-10-11-12-13-14-18-25-40-38(36-23-21-30(2)26-32(36)4)28-35(34-19-16-15-17-20-34)29-39(40)37-24-22-31(3)27-33(37)5/h15-17,19-24,26-27,35,38-39H,6-14,18,25,28-29H2,1-5H3. The van der Waals surface area contributed by atoms with Gasteiger partial charge >= 0.3 is 0 Å². The lowest BCUT2D eigenvalue weighted by atomic mass is 9.84. The molecule has 2 unspecified atom stereocenters. The van der Waals surface area contributed by atoms with Crippen LogP contribution in [0.3, 0.4) is 0 Å². The van der Waals surface area contributed by atoms with Crippen molar-refractivity contribution < 1.29 is 0 Å². The Morgan fingerprint density at radius 2 is 1.05 bits per heavy atom. The minimum Gasteiger partial charge on any atom is -0.0913 e. The number of aryl methyl sites for hydroxylation is 4. The van der Waals surface area contributed by atoms with Crippen molar-refractivity contribution in [2.75, 3.05) is 6.16 Å². The summed E-state index contributed by atoms with van der Waals surface area (Å²) in [5.74, 6) is 0.629. The number of hydrogen-bond acceptors (Lipinski definition) is 0. The van der Waals surface area contributed by atoms with E-state index in [0.29, 0.717) is 17.2 Å². The zero-order valence-corrected chi connectivity index (χ0v) is 27.1. The molecule has 0 spiro atoms. The number of hydrogen-bond donors (Lipinski definition) is 0. The van der Waals surface area contributed by atoms with Crippen molar-refractivity contribution in [1.29, 1.82) is 0 Å². The van der Waals surface area contributed by atoms with Gasteiger partial charge in [0.15, 0.2) is 0 Å². The highest BCUT2D eigenvalue weighted by Crippen LogP contribution is 2.70. The van der Waals surface area contributed by atoms with Gasteiger partial charge in [0.05, 0.1) is 0 Å². The molecular formula is C39H55P. The molecule has 0 amide bonds. The van der Waals surface area contributed by atoms with E-state index in [1.165, 1.54) is 105 Å². The van der Waals surface area contributed by atoms with E-state index in [4.69, 9.17) is 0 Å². The lowest BCUT2D eigenvalue weighted by molar-refractivity contribution is 0.522. The molecule has 0 N–H and O–H groups in total. The van der Waals surface area contributed by atoms with Crippen molar-refractivity contribution >= 4 is 7.92 Å². The normalized spacial score (nSPS) is 21.0. The monoisotopic (exact) mass is 554 g/mol. The van der Waals surface area contributed by atoms with E-state index in [1.54, 1.807) is 16.7 Å². The molecule has 1 saturated heterocycles. The average Bonchev–Trinajstić information content (AvgIpc) is 2.94. The van der Waals surface area contributed by atoms with Gasteiger partial charge in [-0.2, -0.15) is 0 Å². The predicted octanol–water partition coefficient (Wildman–Crippen LogP) is 12.7. The minimum absolute atomic E-state index is 0.154. The number of benzene rings is 3. The lowest BCUT2D eigenvalue weighted by Crippen LogP contribution is -2.20. The van der Waals surface area contributed by atoms with Crippen LogP contribution in [0.15, 0.2) is 66.7 Å². The highest BCUT2D eigenvalue weighted by Gasteiger charge is 2.40. The van der Waals surface area contributed by atoms with Gasteiger partial charge in [-0.3, -0.25) is 0 Å². The van der Waals surface area contributed by atoms with Crippen LogP contribution < -0.4 is 0 Å². The Morgan fingerprint density at radius 3 is 1.52 bits per heavy atom. The Labute approximate surface area is 248 Å². The Hall–Kier alpha value is -1.91. The first-order chi connectivity index (χ1) is 19.5. The number of unbranched alkanes of at least 4 members (excludes halogenated alkanes) is 9. The summed E-state index contributed by atoms with van der Waals surface area (Å²) in [5.41, 5.74) is 12.0. The van der Waals surface area contributed by atoms with E-state index in [1.807, 2.05) is 0 Å². The summed E-state index contributed by atoms with van der Waals surface area (Å²) < 4.78 is 0. The summed E-state index contributed by atoms with van der Waals surface area (Å²) >= 11 is 0. The molecule has 0 saturated carbocycles. The van der Waals surface area contributed by atoms with Gasteiger partial charge in [0.1, 0.15) is 0 Å². The molecule has 216 valence electrons. The number of rotatable bonds is 14. The lowest BCUT2D eigenvalue weighted by Gasteiger charge is -2.44. The molecule has 3 aromatic rings. The molecule has 2 atom stereocenters. The van der Waals surface area contributed by atoms with Crippen molar-refractivity contribution in [2.45, 2.75) is 129 Å². The third kappa shape index (κ3) is 8.55. The van der Waals surface area contributed by atoms with E-state index in [-0.39, 0.29) is 7.92 Å². The third-order valence-corrected chi connectivity index (χ3v) is 12.8. The highest BCUT2D eigenvalue weighted by molar-refractivity contribution is 7.58. The van der Waals surface area contributed by atoms with Gasteiger partial charge in [-0.05, 0) is 86.9 Å². The molecular weight excluding hydrogens is 499 g/mol. The Kier molecular flexibility index (Phi) is 12.4. The van der Waals surface area contributed by atoms with Crippen LogP contribution >= 0.6 is 7.92 Å². The molecule has 4 rings (SSSR count). The van der Waals surface area contributed by atoms with Crippen LogP contribution in [-0.2, 0) is 0 Å². The van der Waals surface area contributed by atoms with Gasteiger partial charge in [0, 0.05) is 11.3 Å². The third-order valence-electron chi connectivity index (χ3n) is 9.43. The van der Waals surface area contributed by atoms with Crippen molar-refractivity contribution in [3.8, 4) is 0 Å². The zero-order chi connectivity index (χ0) is 28.3. The summed E-state index contributed by atoms with van der Waals surface area (Å²) in [5, 5.41) is 0. The zero-order valence-electron chi connectivity index (χ0n) is 26.2. The fourth-order valence-corrected chi connectivity index (χ4v) is 11.2. The Morgan fingerprint density at radius 1 is 0.575 bits per heavy atom. The predicted molar refractivity (Wildman–Crippen MR) is 179 cm³/mol. The van der Waals surface area contributed by atoms with Crippen LogP contribution in [-0.4, -0.2) is 6.16 Å². The van der Waals surface area contributed by atoms with E-state index in [9.17, 15) is 0 Å². The summed E-state index contributed by atoms with van der Waals surface area (Å²) in [7, 11) is -0.154. The van der Waals surface area contributed by atoms with E-state index in [2.05, 4.69) is 101 Å². The fourth-order valence-electron chi connectivity index (χ4n) is 7.22. The molecule has 1 aliphatic heterocycles. The first kappa shape index (κ1) is 31.0. The minimum atomic E-state index is -0.154. The molecule has 3 aromatic carbocycles. The first-order valence-electron chi connectivity index (χ1n) is 16.4. The second-order valence-corrected chi connectivity index (χ2v) is 15.5. The van der Waals surface area contributed by atoms with Gasteiger partial charge in [0.2, 0.25) is 0 Å². The molecule has 1 heterocycles. The summed E-state index contributed by atoms with van der Waals surface area (Å²) in [4.78, 5) is 0. The van der Waals surface area contributed by atoms with Crippen LogP contribution in [0, 0.1) is 27.7 Å². The maximum Gasteiger partial charge on any atom is 0.00557 e. The topological polar surface area (TPSA) is 0 Å². The van der Waals surface area contributed by atoms with Gasteiger partial charge in [0.25, 0.3) is 0 Å². The molecule has 0 bridgehead atoms. The van der Waals surface area contributed by atoms with Crippen LogP contribution in [0.25, 0.3) is 0 Å². The highest BCUT2D eigenvalue weighted by atomic mass is 31.1.